The Balaban J connectivity index is 2.29. The average Bonchev–Trinajstić information content (AvgIpc) is 2.54. The van der Waals surface area contributed by atoms with E-state index >= 15 is 0 Å². The summed E-state index contributed by atoms with van der Waals surface area (Å²) in [6.45, 7) is 11.2. The second-order valence-corrected chi connectivity index (χ2v) is 5.06. The Morgan fingerprint density at radius 3 is 2.86 bits per heavy atom. The molecule has 2 radical (unpaired) electrons. The van der Waals surface area contributed by atoms with E-state index in [4.69, 9.17) is 20.8 Å². The van der Waals surface area contributed by atoms with Gasteiger partial charge in [0.15, 0.2) is 6.79 Å². The fourth-order valence-electron chi connectivity index (χ4n) is 2.02. The molecule has 3 nitrogen and oxygen atoms in total. The van der Waals surface area contributed by atoms with Crippen LogP contribution in [0.1, 0.15) is 45.1 Å². The Morgan fingerprint density at radius 1 is 1.38 bits per heavy atom. The van der Waals surface area contributed by atoms with Crippen molar-refractivity contribution < 1.29 is 14.2 Å². The molecule has 0 amide bonds. The second-order valence-electron chi connectivity index (χ2n) is 5.06. The smallest absolute Gasteiger partial charge is 0.189 e. The molecule has 0 heterocycles. The highest BCUT2D eigenvalue weighted by molar-refractivity contribution is 5.57. The molecule has 0 spiro atoms. The third-order valence-corrected chi connectivity index (χ3v) is 3.47. The Bertz CT molecular complexity index is 415. The molecule has 1 aromatic carbocycles. The van der Waals surface area contributed by atoms with E-state index in [1.54, 1.807) is 19.2 Å². The lowest BCUT2D eigenvalue weighted by Crippen LogP contribution is -2.10. The van der Waals surface area contributed by atoms with E-state index in [-0.39, 0.29) is 6.79 Å². The van der Waals surface area contributed by atoms with Gasteiger partial charge in [-0.3, -0.25) is 0 Å². The lowest BCUT2D eigenvalue weighted by molar-refractivity contribution is -0.0190. The maximum Gasteiger partial charge on any atom is 0.189 e. The standard InChI is InChI=1S/C18H26O3/c1-5-7-9-16(6-2)13-20-14-21-15(3)17-10-8-11-18(12-17)19-4/h3,8,10,12,16H,5-7,9,13-14H2,1-2,4H3. The van der Waals surface area contributed by atoms with Crippen LogP contribution in [0.2, 0.25) is 0 Å². The van der Waals surface area contributed by atoms with Gasteiger partial charge in [0.25, 0.3) is 0 Å². The van der Waals surface area contributed by atoms with Crippen molar-refractivity contribution in [2.24, 2.45) is 5.92 Å². The van der Waals surface area contributed by atoms with Crippen LogP contribution < -0.4 is 4.74 Å². The van der Waals surface area contributed by atoms with E-state index in [2.05, 4.69) is 19.9 Å². The van der Waals surface area contributed by atoms with Crippen LogP contribution in [0.4, 0.5) is 0 Å². The first kappa shape index (κ1) is 17.6. The van der Waals surface area contributed by atoms with Gasteiger partial charge < -0.3 is 14.2 Å². The second kappa shape index (κ2) is 10.3. The first-order valence-corrected chi connectivity index (χ1v) is 7.60. The summed E-state index contributed by atoms with van der Waals surface area (Å²) in [6, 6.07) is 8.31. The van der Waals surface area contributed by atoms with Crippen molar-refractivity contribution >= 4 is 5.76 Å². The molecule has 3 heteroatoms. The summed E-state index contributed by atoms with van der Waals surface area (Å²) in [5.41, 5.74) is 0.771. The molecule has 0 aliphatic rings. The number of hydrogen-bond acceptors (Lipinski definition) is 3. The summed E-state index contributed by atoms with van der Waals surface area (Å²) in [6.07, 6.45) is 4.81. The Hall–Kier alpha value is -1.48. The molecule has 0 fully saturated rings. The van der Waals surface area contributed by atoms with Crippen LogP contribution in [0.3, 0.4) is 0 Å². The van der Waals surface area contributed by atoms with Crippen molar-refractivity contribution in [3.05, 3.63) is 36.4 Å². The molecule has 0 aromatic heterocycles. The largest absolute Gasteiger partial charge is 0.496 e. The zero-order chi connectivity index (χ0) is 15.5. The highest BCUT2D eigenvalue weighted by atomic mass is 16.7. The van der Waals surface area contributed by atoms with Crippen molar-refractivity contribution in [1.29, 1.82) is 0 Å². The van der Waals surface area contributed by atoms with Gasteiger partial charge in [-0.2, -0.15) is 0 Å². The topological polar surface area (TPSA) is 27.7 Å². The zero-order valence-corrected chi connectivity index (χ0v) is 13.4. The zero-order valence-electron chi connectivity index (χ0n) is 13.4. The molecule has 116 valence electrons. The van der Waals surface area contributed by atoms with Crippen molar-refractivity contribution in [2.45, 2.75) is 39.5 Å². The predicted molar refractivity (Wildman–Crippen MR) is 84.7 cm³/mol. The van der Waals surface area contributed by atoms with E-state index < -0.39 is 0 Å². The molecule has 1 aromatic rings. The van der Waals surface area contributed by atoms with E-state index in [9.17, 15) is 0 Å². The number of hydrogen-bond donors (Lipinski definition) is 0. The van der Waals surface area contributed by atoms with Crippen molar-refractivity contribution in [2.75, 3.05) is 20.5 Å². The molecule has 1 atom stereocenters. The fourth-order valence-corrected chi connectivity index (χ4v) is 2.02. The third kappa shape index (κ3) is 6.67. The fraction of sp³-hybridized carbons (Fsp3) is 0.556. The summed E-state index contributed by atoms with van der Waals surface area (Å²) in [5.74, 6) is 1.57. The highest BCUT2D eigenvalue weighted by Gasteiger charge is 2.07. The summed E-state index contributed by atoms with van der Waals surface area (Å²) < 4.78 is 16.1. The van der Waals surface area contributed by atoms with Gasteiger partial charge in [-0.05, 0) is 31.1 Å². The first-order valence-electron chi connectivity index (χ1n) is 7.60. The molecule has 21 heavy (non-hydrogen) atoms. The molecule has 1 rings (SSSR count). The maximum atomic E-state index is 5.89. The highest BCUT2D eigenvalue weighted by Crippen LogP contribution is 2.19. The summed E-state index contributed by atoms with van der Waals surface area (Å²) >= 11 is 0. The SMILES string of the molecule is [CH]=C(OCOCC(CC)CCCC)c1cc[c]c(OC)c1. The van der Waals surface area contributed by atoms with Gasteiger partial charge in [0.05, 0.1) is 13.7 Å². The lowest BCUT2D eigenvalue weighted by atomic mass is 10.0. The molecule has 1 unspecified atom stereocenters. The quantitative estimate of drug-likeness (QED) is 0.342. The van der Waals surface area contributed by atoms with Crippen LogP contribution in [0.25, 0.3) is 5.76 Å². The predicted octanol–water partition coefficient (Wildman–Crippen LogP) is 4.48. The monoisotopic (exact) mass is 290 g/mol. The number of rotatable bonds is 11. The van der Waals surface area contributed by atoms with Gasteiger partial charge in [0.2, 0.25) is 0 Å². The molecule has 0 aliphatic heterocycles. The molecule has 0 saturated carbocycles. The molecule has 0 saturated heterocycles. The molecule has 0 aliphatic carbocycles. The van der Waals surface area contributed by atoms with E-state index in [1.807, 2.05) is 6.07 Å². The third-order valence-electron chi connectivity index (χ3n) is 3.47. The molecule has 0 bridgehead atoms. The van der Waals surface area contributed by atoms with Crippen LogP contribution in [0.5, 0.6) is 5.75 Å². The molecular formula is C18H26O3. The van der Waals surface area contributed by atoms with Gasteiger partial charge >= 0.3 is 0 Å². The molecular weight excluding hydrogens is 264 g/mol. The Kier molecular flexibility index (Phi) is 8.60. The van der Waals surface area contributed by atoms with Crippen molar-refractivity contribution in [3.63, 3.8) is 0 Å². The Morgan fingerprint density at radius 2 is 2.19 bits per heavy atom. The Labute approximate surface area is 128 Å². The van der Waals surface area contributed by atoms with Crippen LogP contribution >= 0.6 is 0 Å². The minimum Gasteiger partial charge on any atom is -0.496 e. The maximum absolute atomic E-state index is 5.89. The average molecular weight is 290 g/mol. The minimum absolute atomic E-state index is 0.176. The number of ether oxygens (including phenoxy) is 3. The van der Waals surface area contributed by atoms with E-state index in [0.717, 1.165) is 18.6 Å². The lowest BCUT2D eigenvalue weighted by Gasteiger charge is -2.15. The van der Waals surface area contributed by atoms with E-state index in [0.29, 0.717) is 17.4 Å². The van der Waals surface area contributed by atoms with E-state index in [1.165, 1.54) is 19.3 Å². The number of methoxy groups -OCH3 is 1. The van der Waals surface area contributed by atoms with Crippen LogP contribution in [-0.4, -0.2) is 20.5 Å². The van der Waals surface area contributed by atoms with Gasteiger partial charge in [0.1, 0.15) is 11.5 Å². The number of unbranched alkanes of at least 4 members (excludes halogenated alkanes) is 1. The minimum atomic E-state index is 0.176. The normalized spacial score (nSPS) is 12.0. The summed E-state index contributed by atoms with van der Waals surface area (Å²) in [5, 5.41) is 0. The van der Waals surface area contributed by atoms with Gasteiger partial charge in [-0.25, -0.2) is 0 Å². The summed E-state index contributed by atoms with van der Waals surface area (Å²) in [7, 11) is 1.59. The van der Waals surface area contributed by atoms with Crippen LogP contribution in [0, 0.1) is 18.6 Å². The van der Waals surface area contributed by atoms with Gasteiger partial charge in [-0.1, -0.05) is 39.2 Å². The van der Waals surface area contributed by atoms with Gasteiger partial charge in [-0.15, -0.1) is 0 Å². The molecule has 0 N–H and O–H groups in total. The van der Waals surface area contributed by atoms with Crippen molar-refractivity contribution in [3.8, 4) is 5.75 Å². The van der Waals surface area contributed by atoms with Crippen LogP contribution in [0.15, 0.2) is 18.2 Å². The van der Waals surface area contributed by atoms with Crippen molar-refractivity contribution in [1.82, 2.24) is 0 Å². The first-order chi connectivity index (χ1) is 10.2. The number of benzene rings is 1. The summed E-state index contributed by atoms with van der Waals surface area (Å²) in [4.78, 5) is 0. The van der Waals surface area contributed by atoms with Crippen LogP contribution in [-0.2, 0) is 9.47 Å². The van der Waals surface area contributed by atoms with Gasteiger partial charge in [0, 0.05) is 11.6 Å².